The van der Waals surface area contributed by atoms with E-state index in [1.165, 1.54) is 31.4 Å². The van der Waals surface area contributed by atoms with Crippen molar-refractivity contribution < 1.29 is 13.2 Å². The summed E-state index contributed by atoms with van der Waals surface area (Å²) in [6.45, 7) is 3.83. The van der Waals surface area contributed by atoms with Crippen molar-refractivity contribution in [3.63, 3.8) is 0 Å². The van der Waals surface area contributed by atoms with Crippen LogP contribution >= 0.6 is 0 Å². The van der Waals surface area contributed by atoms with E-state index in [2.05, 4.69) is 10.0 Å². The van der Waals surface area contributed by atoms with Crippen molar-refractivity contribution in [3.8, 4) is 0 Å². The molecule has 3 rings (SSSR count). The third-order valence-corrected chi connectivity index (χ3v) is 7.09. The highest BCUT2D eigenvalue weighted by molar-refractivity contribution is 7.89. The quantitative estimate of drug-likeness (QED) is 0.750. The molecule has 1 fully saturated rings. The highest BCUT2D eigenvalue weighted by Gasteiger charge is 2.25. The minimum absolute atomic E-state index is 0.0780. The van der Waals surface area contributed by atoms with Crippen molar-refractivity contribution in [2.75, 3.05) is 5.32 Å². The molecule has 1 aliphatic rings. The highest BCUT2D eigenvalue weighted by Crippen LogP contribution is 2.27. The van der Waals surface area contributed by atoms with E-state index in [0.717, 1.165) is 18.4 Å². The van der Waals surface area contributed by atoms with E-state index in [9.17, 15) is 13.2 Å². The predicted octanol–water partition coefficient (Wildman–Crippen LogP) is 4.49. The van der Waals surface area contributed by atoms with Crippen LogP contribution in [0.1, 0.15) is 54.9 Å². The van der Waals surface area contributed by atoms with Crippen LogP contribution in [0.2, 0.25) is 0 Å². The van der Waals surface area contributed by atoms with Crippen LogP contribution in [0.5, 0.6) is 0 Å². The minimum atomic E-state index is -3.58. The molecule has 2 aromatic rings. The van der Waals surface area contributed by atoms with Gasteiger partial charge in [-0.15, -0.1) is 0 Å². The topological polar surface area (TPSA) is 75.3 Å². The summed E-state index contributed by atoms with van der Waals surface area (Å²) >= 11 is 0. The van der Waals surface area contributed by atoms with Gasteiger partial charge in [0.15, 0.2) is 0 Å². The van der Waals surface area contributed by atoms with Gasteiger partial charge in [0.05, 0.1) is 4.90 Å². The first-order valence-corrected chi connectivity index (χ1v) is 11.3. The van der Waals surface area contributed by atoms with Gasteiger partial charge in [-0.1, -0.05) is 37.5 Å². The van der Waals surface area contributed by atoms with Gasteiger partial charge in [-0.05, 0) is 68.5 Å². The van der Waals surface area contributed by atoms with Gasteiger partial charge < -0.3 is 5.32 Å². The normalized spacial score (nSPS) is 16.5. The molecule has 0 aliphatic heterocycles. The summed E-state index contributed by atoms with van der Waals surface area (Å²) in [5, 5.41) is 2.82. The molecule has 6 heteroatoms. The van der Waals surface area contributed by atoms with E-state index < -0.39 is 10.0 Å². The standard InChI is InChI=1S/C22H28N2O3S/c1-16-8-6-7-11-21(16)22(25)23-19-12-14-20(15-13-19)28(26,27)24-17(2)18-9-4-3-5-10-18/h6-8,11-15,17-18,24H,3-5,9-10H2,1-2H3,(H,23,25). The fraction of sp³-hybridized carbons (Fsp3) is 0.409. The van der Waals surface area contributed by atoms with E-state index in [1.807, 2.05) is 32.0 Å². The maximum Gasteiger partial charge on any atom is 0.255 e. The Hall–Kier alpha value is -2.18. The molecule has 0 bridgehead atoms. The number of hydrogen-bond acceptors (Lipinski definition) is 3. The number of sulfonamides is 1. The summed E-state index contributed by atoms with van der Waals surface area (Å²) in [5.41, 5.74) is 2.05. The molecule has 0 radical (unpaired) electrons. The Morgan fingerprint density at radius 1 is 1.00 bits per heavy atom. The molecule has 1 unspecified atom stereocenters. The molecule has 150 valence electrons. The van der Waals surface area contributed by atoms with Crippen molar-refractivity contribution in [2.24, 2.45) is 5.92 Å². The number of rotatable bonds is 6. The lowest BCUT2D eigenvalue weighted by Gasteiger charge is -2.28. The van der Waals surface area contributed by atoms with Crippen LogP contribution in [0, 0.1) is 12.8 Å². The number of hydrogen-bond donors (Lipinski definition) is 2. The molecule has 0 heterocycles. The van der Waals surface area contributed by atoms with Gasteiger partial charge in [-0.2, -0.15) is 0 Å². The minimum Gasteiger partial charge on any atom is -0.322 e. The van der Waals surface area contributed by atoms with Crippen LogP contribution in [0.4, 0.5) is 5.69 Å². The number of anilines is 1. The van der Waals surface area contributed by atoms with Crippen LogP contribution in [0.15, 0.2) is 53.4 Å². The van der Waals surface area contributed by atoms with Crippen LogP contribution in [0.3, 0.4) is 0 Å². The van der Waals surface area contributed by atoms with Crippen LogP contribution in [-0.2, 0) is 10.0 Å². The molecule has 1 atom stereocenters. The van der Waals surface area contributed by atoms with Gasteiger partial charge in [0.1, 0.15) is 0 Å². The Balaban J connectivity index is 1.66. The third-order valence-electron chi connectivity index (χ3n) is 5.51. The molecular formula is C22H28N2O3S. The maximum absolute atomic E-state index is 12.7. The molecule has 0 spiro atoms. The van der Waals surface area contributed by atoms with Crippen LogP contribution in [0.25, 0.3) is 0 Å². The van der Waals surface area contributed by atoms with E-state index in [-0.39, 0.29) is 16.8 Å². The molecule has 5 nitrogen and oxygen atoms in total. The smallest absolute Gasteiger partial charge is 0.255 e. The van der Waals surface area contributed by atoms with E-state index in [1.54, 1.807) is 18.2 Å². The Kier molecular flexibility index (Phi) is 6.52. The zero-order chi connectivity index (χ0) is 20.1. The second-order valence-electron chi connectivity index (χ2n) is 7.60. The van der Waals surface area contributed by atoms with Gasteiger partial charge in [0.25, 0.3) is 5.91 Å². The number of amides is 1. The highest BCUT2D eigenvalue weighted by atomic mass is 32.2. The second kappa shape index (κ2) is 8.88. The first-order chi connectivity index (χ1) is 13.4. The van der Waals surface area contributed by atoms with Gasteiger partial charge in [0.2, 0.25) is 10.0 Å². The maximum atomic E-state index is 12.7. The van der Waals surface area contributed by atoms with Crippen LogP contribution < -0.4 is 10.0 Å². The number of carbonyl (C=O) groups excluding carboxylic acids is 1. The Bertz CT molecular complexity index is 917. The van der Waals surface area contributed by atoms with Crippen molar-refractivity contribution >= 4 is 21.6 Å². The van der Waals surface area contributed by atoms with Crippen molar-refractivity contribution in [1.29, 1.82) is 0 Å². The largest absolute Gasteiger partial charge is 0.322 e. The van der Waals surface area contributed by atoms with Crippen molar-refractivity contribution in [2.45, 2.75) is 56.9 Å². The second-order valence-corrected chi connectivity index (χ2v) is 9.32. The molecule has 1 saturated carbocycles. The zero-order valence-electron chi connectivity index (χ0n) is 16.4. The third kappa shape index (κ3) is 5.00. The van der Waals surface area contributed by atoms with Gasteiger partial charge >= 0.3 is 0 Å². The monoisotopic (exact) mass is 400 g/mol. The van der Waals surface area contributed by atoms with Crippen molar-refractivity contribution in [1.82, 2.24) is 4.72 Å². The fourth-order valence-electron chi connectivity index (χ4n) is 3.79. The molecular weight excluding hydrogens is 372 g/mol. The molecule has 0 saturated heterocycles. The van der Waals surface area contributed by atoms with Gasteiger partial charge in [0, 0.05) is 17.3 Å². The lowest BCUT2D eigenvalue weighted by Crippen LogP contribution is -2.38. The molecule has 1 amide bonds. The zero-order valence-corrected chi connectivity index (χ0v) is 17.3. The van der Waals surface area contributed by atoms with Gasteiger partial charge in [-0.25, -0.2) is 13.1 Å². The summed E-state index contributed by atoms with van der Waals surface area (Å²) in [6.07, 6.45) is 5.74. The average molecular weight is 401 g/mol. The lowest BCUT2D eigenvalue weighted by atomic mass is 9.85. The van der Waals surface area contributed by atoms with E-state index in [0.29, 0.717) is 17.2 Å². The number of nitrogens with one attached hydrogen (secondary N) is 2. The molecule has 2 aromatic carbocycles. The SMILES string of the molecule is Cc1ccccc1C(=O)Nc1ccc(S(=O)(=O)NC(C)C2CCCCC2)cc1. The average Bonchev–Trinajstić information content (AvgIpc) is 2.69. The molecule has 28 heavy (non-hydrogen) atoms. The van der Waals surface area contributed by atoms with Crippen LogP contribution in [-0.4, -0.2) is 20.4 Å². The van der Waals surface area contributed by atoms with Crippen molar-refractivity contribution in [3.05, 3.63) is 59.7 Å². The predicted molar refractivity (Wildman–Crippen MR) is 112 cm³/mol. The Morgan fingerprint density at radius 2 is 1.64 bits per heavy atom. The molecule has 2 N–H and O–H groups in total. The first kappa shape index (κ1) is 20.6. The lowest BCUT2D eigenvalue weighted by molar-refractivity contribution is 0.102. The Morgan fingerprint density at radius 3 is 2.29 bits per heavy atom. The first-order valence-electron chi connectivity index (χ1n) is 9.86. The number of benzene rings is 2. The summed E-state index contributed by atoms with van der Waals surface area (Å²) in [4.78, 5) is 12.6. The summed E-state index contributed by atoms with van der Waals surface area (Å²) in [6, 6.07) is 13.6. The fourth-order valence-corrected chi connectivity index (χ4v) is 5.10. The Labute approximate surface area is 167 Å². The summed E-state index contributed by atoms with van der Waals surface area (Å²) < 4.78 is 28.2. The summed E-state index contributed by atoms with van der Waals surface area (Å²) in [5.74, 6) is 0.189. The molecule has 0 aromatic heterocycles. The number of aryl methyl sites for hydroxylation is 1. The molecule has 1 aliphatic carbocycles. The van der Waals surface area contributed by atoms with E-state index in [4.69, 9.17) is 0 Å². The summed E-state index contributed by atoms with van der Waals surface area (Å²) in [7, 11) is -3.58. The number of carbonyl (C=O) groups is 1. The van der Waals surface area contributed by atoms with Gasteiger partial charge in [-0.3, -0.25) is 4.79 Å². The van der Waals surface area contributed by atoms with E-state index >= 15 is 0 Å².